The van der Waals surface area contributed by atoms with E-state index in [1.54, 1.807) is 14.2 Å². The molecule has 1 aliphatic carbocycles. The fourth-order valence-corrected chi connectivity index (χ4v) is 4.10. The van der Waals surface area contributed by atoms with E-state index in [1.807, 2.05) is 54.3 Å². The Bertz CT molecular complexity index is 847. The smallest absolute Gasteiger partial charge is 0.322 e. The minimum atomic E-state index is -0.125. The molecule has 0 radical (unpaired) electrons. The zero-order chi connectivity index (χ0) is 22.2. The summed E-state index contributed by atoms with van der Waals surface area (Å²) in [6.45, 7) is 4.67. The summed E-state index contributed by atoms with van der Waals surface area (Å²) in [5.74, 6) is 2.20. The third-order valence-corrected chi connectivity index (χ3v) is 5.83. The molecule has 1 unspecified atom stereocenters. The van der Waals surface area contributed by atoms with Crippen LogP contribution in [0.1, 0.15) is 45.1 Å². The maximum atomic E-state index is 13.0. The van der Waals surface area contributed by atoms with Crippen LogP contribution in [0.4, 0.5) is 10.5 Å². The van der Waals surface area contributed by atoms with E-state index in [9.17, 15) is 4.79 Å². The third-order valence-electron chi connectivity index (χ3n) is 5.83. The van der Waals surface area contributed by atoms with Crippen molar-refractivity contribution in [2.45, 2.75) is 58.1 Å². The van der Waals surface area contributed by atoms with Crippen LogP contribution < -0.4 is 19.5 Å². The van der Waals surface area contributed by atoms with Crippen LogP contribution in [-0.4, -0.2) is 43.8 Å². The second kappa shape index (κ2) is 10.9. The predicted octanol–water partition coefficient (Wildman–Crippen LogP) is 5.51. The van der Waals surface area contributed by atoms with Gasteiger partial charge in [0.1, 0.15) is 5.75 Å². The quantitative estimate of drug-likeness (QED) is 0.574. The first kappa shape index (κ1) is 22.8. The predicted molar refractivity (Wildman–Crippen MR) is 123 cm³/mol. The lowest BCUT2D eigenvalue weighted by Crippen LogP contribution is -2.42. The Balaban J connectivity index is 1.65. The first-order valence-electron chi connectivity index (χ1n) is 11.1. The van der Waals surface area contributed by atoms with Gasteiger partial charge in [0.15, 0.2) is 11.5 Å². The highest BCUT2D eigenvalue weighted by Gasteiger charge is 2.21. The number of carbonyl (C=O) groups is 1. The summed E-state index contributed by atoms with van der Waals surface area (Å²) in [6, 6.07) is 13.4. The zero-order valence-corrected chi connectivity index (χ0v) is 19.0. The van der Waals surface area contributed by atoms with Crippen molar-refractivity contribution in [3.63, 3.8) is 0 Å². The van der Waals surface area contributed by atoms with E-state index in [1.165, 1.54) is 12.8 Å². The zero-order valence-electron chi connectivity index (χ0n) is 19.0. The first-order valence-corrected chi connectivity index (χ1v) is 11.1. The van der Waals surface area contributed by atoms with Crippen LogP contribution >= 0.6 is 0 Å². The molecule has 0 heterocycles. The summed E-state index contributed by atoms with van der Waals surface area (Å²) in [7, 11) is 3.29. The van der Waals surface area contributed by atoms with Crippen molar-refractivity contribution in [1.29, 1.82) is 0 Å². The molecule has 6 heteroatoms. The number of anilines is 1. The number of nitrogens with zero attached hydrogens (tertiary/aromatic N) is 1. The highest BCUT2D eigenvalue weighted by molar-refractivity contribution is 5.90. The van der Waals surface area contributed by atoms with E-state index in [2.05, 4.69) is 12.2 Å². The Hall–Kier alpha value is -2.89. The Morgan fingerprint density at radius 3 is 2.39 bits per heavy atom. The van der Waals surface area contributed by atoms with E-state index in [4.69, 9.17) is 14.2 Å². The Labute approximate surface area is 185 Å². The molecule has 3 rings (SSSR count). The number of benzene rings is 2. The minimum absolute atomic E-state index is 0.0471. The number of urea groups is 1. The van der Waals surface area contributed by atoms with Gasteiger partial charge >= 0.3 is 6.03 Å². The van der Waals surface area contributed by atoms with E-state index >= 15 is 0 Å². The van der Waals surface area contributed by atoms with E-state index < -0.39 is 0 Å². The Morgan fingerprint density at radius 1 is 1.06 bits per heavy atom. The van der Waals surface area contributed by atoms with Crippen LogP contribution in [0.3, 0.4) is 0 Å². The van der Waals surface area contributed by atoms with Gasteiger partial charge in [0.2, 0.25) is 0 Å². The molecule has 0 aliphatic heterocycles. The van der Waals surface area contributed by atoms with Crippen LogP contribution in [0.15, 0.2) is 42.5 Å². The van der Waals surface area contributed by atoms with Crippen molar-refractivity contribution in [2.24, 2.45) is 0 Å². The summed E-state index contributed by atoms with van der Waals surface area (Å²) >= 11 is 0. The summed E-state index contributed by atoms with van der Waals surface area (Å²) in [5, 5.41) is 3.03. The number of likely N-dealkylation sites (N-methyl/N-ethyl adjacent to an activating group) is 1. The van der Waals surface area contributed by atoms with Crippen LogP contribution in [0.5, 0.6) is 17.2 Å². The molecule has 168 valence electrons. The molecule has 1 saturated carbocycles. The van der Waals surface area contributed by atoms with Gasteiger partial charge in [0.25, 0.3) is 0 Å². The van der Waals surface area contributed by atoms with Gasteiger partial charge in [-0.25, -0.2) is 4.79 Å². The lowest BCUT2D eigenvalue weighted by molar-refractivity contribution is 0.196. The number of rotatable bonds is 9. The van der Waals surface area contributed by atoms with Crippen molar-refractivity contribution in [3.8, 4) is 17.2 Å². The topological polar surface area (TPSA) is 60.0 Å². The molecule has 0 bridgehead atoms. The lowest BCUT2D eigenvalue weighted by atomic mass is 10.1. The van der Waals surface area contributed by atoms with Gasteiger partial charge in [-0.3, -0.25) is 0 Å². The van der Waals surface area contributed by atoms with Gasteiger partial charge in [-0.2, -0.15) is 0 Å². The van der Waals surface area contributed by atoms with Gasteiger partial charge < -0.3 is 24.4 Å². The van der Waals surface area contributed by atoms with Crippen molar-refractivity contribution in [2.75, 3.05) is 26.1 Å². The average Bonchev–Trinajstić information content (AvgIpc) is 3.28. The highest BCUT2D eigenvalue weighted by atomic mass is 16.5. The molecule has 1 aliphatic rings. The molecule has 1 atom stereocenters. The number of carbonyl (C=O) groups excluding carboxylic acids is 1. The standard InChI is InChI=1S/C25H34N2O4/c1-5-27(18(2)16-19-10-13-21(29-3)14-11-19)25(28)26-20-12-15-23(30-4)24(17-20)31-22-8-6-7-9-22/h10-15,17-18,22H,5-9,16H2,1-4H3,(H,26,28). The van der Waals surface area contributed by atoms with Crippen molar-refractivity contribution >= 4 is 11.7 Å². The maximum absolute atomic E-state index is 13.0. The molecule has 31 heavy (non-hydrogen) atoms. The van der Waals surface area contributed by atoms with Gasteiger partial charge in [-0.05, 0) is 75.8 Å². The molecular weight excluding hydrogens is 392 g/mol. The van der Waals surface area contributed by atoms with E-state index in [0.29, 0.717) is 23.7 Å². The van der Waals surface area contributed by atoms with E-state index in [0.717, 1.165) is 30.6 Å². The second-order valence-electron chi connectivity index (χ2n) is 8.01. The molecule has 2 aromatic carbocycles. The normalized spacial score (nSPS) is 14.7. The summed E-state index contributed by atoms with van der Waals surface area (Å²) in [6.07, 6.45) is 5.50. The average molecular weight is 427 g/mol. The van der Waals surface area contributed by atoms with Crippen LogP contribution in [0.25, 0.3) is 0 Å². The molecule has 0 saturated heterocycles. The molecule has 2 aromatic rings. The van der Waals surface area contributed by atoms with Gasteiger partial charge in [-0.1, -0.05) is 12.1 Å². The second-order valence-corrected chi connectivity index (χ2v) is 8.01. The first-order chi connectivity index (χ1) is 15.0. The lowest BCUT2D eigenvalue weighted by Gasteiger charge is -2.28. The SMILES string of the molecule is CCN(C(=O)Nc1ccc(OC)c(OC2CCCC2)c1)C(C)Cc1ccc(OC)cc1. The summed E-state index contributed by atoms with van der Waals surface area (Å²) in [5.41, 5.74) is 1.87. The van der Waals surface area contributed by atoms with Crippen LogP contribution in [0, 0.1) is 0 Å². The molecule has 0 aromatic heterocycles. The third kappa shape index (κ3) is 6.06. The van der Waals surface area contributed by atoms with Crippen molar-refractivity contribution in [3.05, 3.63) is 48.0 Å². The minimum Gasteiger partial charge on any atom is -0.497 e. The fraction of sp³-hybridized carbons (Fsp3) is 0.480. The maximum Gasteiger partial charge on any atom is 0.322 e. The number of nitrogens with one attached hydrogen (secondary N) is 1. The van der Waals surface area contributed by atoms with Gasteiger partial charge in [0.05, 0.1) is 20.3 Å². The van der Waals surface area contributed by atoms with Crippen molar-refractivity contribution < 1.29 is 19.0 Å². The van der Waals surface area contributed by atoms with Gasteiger partial charge in [-0.15, -0.1) is 0 Å². The number of amides is 2. The molecule has 6 nitrogen and oxygen atoms in total. The number of hydrogen-bond acceptors (Lipinski definition) is 4. The molecule has 0 spiro atoms. The Kier molecular flexibility index (Phi) is 8.04. The molecular formula is C25H34N2O4. The summed E-state index contributed by atoms with van der Waals surface area (Å²) in [4.78, 5) is 14.8. The number of ether oxygens (including phenoxy) is 3. The molecule has 1 fully saturated rings. The van der Waals surface area contributed by atoms with Crippen LogP contribution in [-0.2, 0) is 6.42 Å². The monoisotopic (exact) mass is 426 g/mol. The molecule has 2 amide bonds. The van der Waals surface area contributed by atoms with Crippen molar-refractivity contribution in [1.82, 2.24) is 4.90 Å². The van der Waals surface area contributed by atoms with Gasteiger partial charge in [0, 0.05) is 24.3 Å². The largest absolute Gasteiger partial charge is 0.497 e. The number of hydrogen-bond donors (Lipinski definition) is 1. The highest BCUT2D eigenvalue weighted by Crippen LogP contribution is 2.34. The molecule has 1 N–H and O–H groups in total. The fourth-order valence-electron chi connectivity index (χ4n) is 4.10. The number of methoxy groups -OCH3 is 2. The van der Waals surface area contributed by atoms with E-state index in [-0.39, 0.29) is 18.2 Å². The summed E-state index contributed by atoms with van der Waals surface area (Å²) < 4.78 is 16.8. The van der Waals surface area contributed by atoms with Crippen LogP contribution in [0.2, 0.25) is 0 Å². The Morgan fingerprint density at radius 2 is 1.77 bits per heavy atom.